The van der Waals surface area contributed by atoms with Gasteiger partial charge in [-0.3, -0.25) is 0 Å². The molecule has 4 nitrogen and oxygen atoms in total. The molecule has 0 spiro atoms. The number of nitrogens with two attached hydrogens (primary N) is 1. The van der Waals surface area contributed by atoms with Crippen LogP contribution in [-0.2, 0) is 23.5 Å². The predicted molar refractivity (Wildman–Crippen MR) is 139 cm³/mol. The zero-order valence-electron chi connectivity index (χ0n) is 19.3. The largest absolute Gasteiger partial charge is 0.497 e. The molecule has 0 aliphatic heterocycles. The summed E-state index contributed by atoms with van der Waals surface area (Å²) < 4.78 is 18.7. The molecule has 0 fully saturated rings. The van der Waals surface area contributed by atoms with Crippen LogP contribution in [0, 0.1) is 0 Å². The van der Waals surface area contributed by atoms with Gasteiger partial charge in [0.25, 0.3) is 0 Å². The fraction of sp³-hybridized carbons (Fsp3) is 0.172. The summed E-state index contributed by atoms with van der Waals surface area (Å²) in [5.41, 5.74) is 10.1. The Balaban J connectivity index is 1.86. The summed E-state index contributed by atoms with van der Waals surface area (Å²) in [4.78, 5) is 0. The van der Waals surface area contributed by atoms with Gasteiger partial charge in [-0.05, 0) is 58.1 Å². The fourth-order valence-corrected chi connectivity index (χ4v) is 4.70. The zero-order chi connectivity index (χ0) is 24.0. The minimum atomic E-state index is -0.848. The van der Waals surface area contributed by atoms with Gasteiger partial charge >= 0.3 is 0 Å². The van der Waals surface area contributed by atoms with E-state index in [0.717, 1.165) is 43.8 Å². The highest BCUT2D eigenvalue weighted by Gasteiger charge is 2.38. The Labute approximate surface area is 209 Å². The molecule has 0 atom stereocenters. The van der Waals surface area contributed by atoms with Crippen LogP contribution in [0.3, 0.4) is 0 Å². The first-order chi connectivity index (χ1) is 16.6. The van der Waals surface area contributed by atoms with Gasteiger partial charge in [0, 0.05) is 11.0 Å². The molecule has 0 aliphatic rings. The zero-order valence-corrected chi connectivity index (χ0v) is 20.9. The van der Waals surface area contributed by atoms with Crippen LogP contribution in [0.2, 0.25) is 0 Å². The topological polar surface area (TPSA) is 53.7 Å². The number of methoxy groups -OCH3 is 2. The van der Waals surface area contributed by atoms with Crippen molar-refractivity contribution in [3.05, 3.63) is 129 Å². The van der Waals surface area contributed by atoms with E-state index in [-0.39, 0.29) is 0 Å². The van der Waals surface area contributed by atoms with Crippen molar-refractivity contribution in [2.45, 2.75) is 18.8 Å². The molecule has 0 unspecified atom stereocenters. The molecule has 0 saturated heterocycles. The van der Waals surface area contributed by atoms with Crippen LogP contribution < -0.4 is 15.2 Å². The van der Waals surface area contributed by atoms with Gasteiger partial charge in [0.15, 0.2) is 0 Å². The van der Waals surface area contributed by atoms with Gasteiger partial charge in [0.2, 0.25) is 0 Å². The predicted octanol–water partition coefficient (Wildman–Crippen LogP) is 6.43. The summed E-state index contributed by atoms with van der Waals surface area (Å²) in [6.45, 7) is 0.879. The van der Waals surface area contributed by atoms with Crippen LogP contribution >= 0.6 is 15.9 Å². The maximum atomic E-state index is 6.92. The molecule has 4 aromatic carbocycles. The third-order valence-corrected chi connectivity index (χ3v) is 6.70. The maximum absolute atomic E-state index is 6.92. The summed E-state index contributed by atoms with van der Waals surface area (Å²) >= 11 is 3.63. The highest BCUT2D eigenvalue weighted by atomic mass is 79.9. The van der Waals surface area contributed by atoms with Crippen LogP contribution in [0.15, 0.2) is 102 Å². The van der Waals surface area contributed by atoms with E-state index < -0.39 is 5.60 Å². The monoisotopic (exact) mass is 517 g/mol. The Morgan fingerprint density at radius 3 is 1.71 bits per heavy atom. The minimum absolute atomic E-state index is 0.399. The van der Waals surface area contributed by atoms with Crippen LogP contribution in [0.25, 0.3) is 0 Å². The Morgan fingerprint density at radius 1 is 0.706 bits per heavy atom. The summed E-state index contributed by atoms with van der Waals surface area (Å²) in [7, 11) is 3.34. The van der Waals surface area contributed by atoms with Gasteiger partial charge in [-0.25, -0.2) is 0 Å². The molecule has 2 N–H and O–H groups in total. The van der Waals surface area contributed by atoms with Crippen molar-refractivity contribution in [2.24, 2.45) is 5.73 Å². The molecule has 5 heteroatoms. The van der Waals surface area contributed by atoms with Crippen molar-refractivity contribution in [1.82, 2.24) is 0 Å². The molecular formula is C29H28BrNO3. The lowest BCUT2D eigenvalue weighted by atomic mass is 9.80. The molecule has 0 amide bonds. The van der Waals surface area contributed by atoms with Gasteiger partial charge in [0.05, 0.1) is 20.8 Å². The lowest BCUT2D eigenvalue weighted by Crippen LogP contribution is -2.32. The molecule has 0 saturated carbocycles. The second-order valence-electron chi connectivity index (χ2n) is 7.92. The quantitative estimate of drug-likeness (QED) is 0.260. The maximum Gasteiger partial charge on any atom is 0.144 e. The summed E-state index contributed by atoms with van der Waals surface area (Å²) in [6.07, 6.45) is 0. The lowest BCUT2D eigenvalue weighted by molar-refractivity contribution is 0.000167. The van der Waals surface area contributed by atoms with Crippen molar-refractivity contribution in [2.75, 3.05) is 14.2 Å². The van der Waals surface area contributed by atoms with Crippen molar-refractivity contribution in [3.63, 3.8) is 0 Å². The van der Waals surface area contributed by atoms with Crippen LogP contribution in [0.1, 0.15) is 27.8 Å². The number of halogens is 1. The van der Waals surface area contributed by atoms with E-state index in [2.05, 4.69) is 64.5 Å². The average Bonchev–Trinajstić information content (AvgIpc) is 2.90. The first-order valence-electron chi connectivity index (χ1n) is 11.1. The summed E-state index contributed by atoms with van der Waals surface area (Å²) in [6, 6.07) is 32.5. The lowest BCUT2D eigenvalue weighted by Gasteiger charge is -2.36. The van der Waals surface area contributed by atoms with E-state index in [0.29, 0.717) is 13.2 Å². The number of hydrogen-bond donors (Lipinski definition) is 1. The number of ether oxygens (including phenoxy) is 3. The van der Waals surface area contributed by atoms with Crippen LogP contribution in [0.4, 0.5) is 0 Å². The molecule has 0 radical (unpaired) electrons. The Morgan fingerprint density at radius 2 is 1.24 bits per heavy atom. The first kappa shape index (κ1) is 24.0. The van der Waals surface area contributed by atoms with E-state index in [1.165, 1.54) is 0 Å². The van der Waals surface area contributed by atoms with Gasteiger partial charge in [-0.1, -0.05) is 82.7 Å². The molecule has 4 rings (SSSR count). The van der Waals surface area contributed by atoms with Crippen molar-refractivity contribution < 1.29 is 14.2 Å². The van der Waals surface area contributed by atoms with E-state index >= 15 is 0 Å². The Bertz CT molecular complexity index is 1160. The smallest absolute Gasteiger partial charge is 0.144 e. The fourth-order valence-electron chi connectivity index (χ4n) is 4.11. The van der Waals surface area contributed by atoms with E-state index in [1.807, 2.05) is 48.5 Å². The van der Waals surface area contributed by atoms with Crippen molar-refractivity contribution in [3.8, 4) is 11.5 Å². The Kier molecular flexibility index (Phi) is 7.68. The molecule has 0 heterocycles. The molecule has 0 aromatic heterocycles. The molecule has 0 aliphatic carbocycles. The molecule has 34 heavy (non-hydrogen) atoms. The summed E-state index contributed by atoms with van der Waals surface area (Å²) in [5, 5.41) is 0. The van der Waals surface area contributed by atoms with Crippen molar-refractivity contribution >= 4 is 15.9 Å². The van der Waals surface area contributed by atoms with Gasteiger partial charge in [-0.2, -0.15) is 0 Å². The SMILES string of the molecule is COc1ccc(C(OCc2ccc(CN)c(Br)c2)(c2ccccc2)c2ccc(OC)cc2)cc1. The average molecular weight is 518 g/mol. The second kappa shape index (κ2) is 10.9. The van der Waals surface area contributed by atoms with E-state index in [1.54, 1.807) is 14.2 Å². The highest BCUT2D eigenvalue weighted by Crippen LogP contribution is 2.42. The summed E-state index contributed by atoms with van der Waals surface area (Å²) in [5.74, 6) is 1.59. The van der Waals surface area contributed by atoms with Gasteiger partial charge in [0.1, 0.15) is 17.1 Å². The van der Waals surface area contributed by atoms with E-state index in [9.17, 15) is 0 Å². The van der Waals surface area contributed by atoms with Crippen LogP contribution in [0.5, 0.6) is 11.5 Å². The number of rotatable bonds is 9. The third-order valence-electron chi connectivity index (χ3n) is 5.97. The van der Waals surface area contributed by atoms with Gasteiger partial charge < -0.3 is 19.9 Å². The first-order valence-corrected chi connectivity index (χ1v) is 11.9. The van der Waals surface area contributed by atoms with Gasteiger partial charge in [-0.15, -0.1) is 0 Å². The highest BCUT2D eigenvalue weighted by molar-refractivity contribution is 9.10. The number of hydrogen-bond acceptors (Lipinski definition) is 4. The van der Waals surface area contributed by atoms with Crippen LogP contribution in [-0.4, -0.2) is 14.2 Å². The molecule has 0 bridgehead atoms. The molecular weight excluding hydrogens is 490 g/mol. The normalized spacial score (nSPS) is 11.3. The number of benzene rings is 4. The minimum Gasteiger partial charge on any atom is -0.497 e. The van der Waals surface area contributed by atoms with Crippen molar-refractivity contribution in [1.29, 1.82) is 0 Å². The molecule has 174 valence electrons. The molecule has 4 aromatic rings. The Hall–Kier alpha value is -3.12. The third kappa shape index (κ3) is 4.87. The standard InChI is InChI=1S/C29H28BrNO3/c1-32-26-14-10-24(11-15-26)29(23-6-4-3-5-7-23,25-12-16-27(33-2)17-13-25)34-20-21-8-9-22(19-31)28(30)18-21/h3-18H,19-20,31H2,1-2H3. The van der Waals surface area contributed by atoms with E-state index in [4.69, 9.17) is 19.9 Å². The second-order valence-corrected chi connectivity index (χ2v) is 8.78.